The summed E-state index contributed by atoms with van der Waals surface area (Å²) < 4.78 is 10.5. The van der Waals surface area contributed by atoms with Crippen LogP contribution in [0.4, 0.5) is 0 Å². The van der Waals surface area contributed by atoms with Gasteiger partial charge < -0.3 is 9.47 Å². The first kappa shape index (κ1) is 14.6. The van der Waals surface area contributed by atoms with Crippen molar-refractivity contribution in [3.63, 3.8) is 0 Å². The number of aromatic nitrogens is 1. The maximum absolute atomic E-state index is 11.4. The zero-order valence-electron chi connectivity index (χ0n) is 11.3. The summed E-state index contributed by atoms with van der Waals surface area (Å²) in [4.78, 5) is 15.8. The van der Waals surface area contributed by atoms with E-state index in [4.69, 9.17) is 16.3 Å². The fourth-order valence-electron chi connectivity index (χ4n) is 2.30. The lowest BCUT2D eigenvalue weighted by Gasteiger charge is -2.31. The number of ether oxygens (including phenoxy) is 2. The summed E-state index contributed by atoms with van der Waals surface area (Å²) in [5.41, 5.74) is 0. The zero-order valence-corrected chi connectivity index (χ0v) is 12.9. The summed E-state index contributed by atoms with van der Waals surface area (Å²) in [6, 6.07) is 0. The van der Waals surface area contributed by atoms with Crippen LogP contribution >= 0.6 is 22.9 Å². The van der Waals surface area contributed by atoms with Gasteiger partial charge in [0, 0.05) is 0 Å². The summed E-state index contributed by atoms with van der Waals surface area (Å²) in [6.07, 6.45) is 3.37. The van der Waals surface area contributed by atoms with Gasteiger partial charge in [0.15, 0.2) is 10.0 Å². The van der Waals surface area contributed by atoms with Crippen molar-refractivity contribution in [2.75, 3.05) is 7.11 Å². The molecule has 1 saturated carbocycles. The van der Waals surface area contributed by atoms with Gasteiger partial charge >= 0.3 is 5.97 Å². The molecule has 0 spiro atoms. The lowest BCUT2D eigenvalue weighted by atomic mass is 9.80. The maximum atomic E-state index is 11.4. The van der Waals surface area contributed by atoms with Crippen LogP contribution < -0.4 is 4.74 Å². The van der Waals surface area contributed by atoms with Crippen molar-refractivity contribution in [1.29, 1.82) is 0 Å². The third-order valence-corrected chi connectivity index (χ3v) is 5.07. The molecule has 0 aromatic carbocycles. The third kappa shape index (κ3) is 3.39. The number of methoxy groups -OCH3 is 1. The minimum absolute atomic E-state index is 0.157. The number of esters is 1. The molecule has 1 fully saturated rings. The van der Waals surface area contributed by atoms with Crippen molar-refractivity contribution in [3.8, 4) is 5.19 Å². The highest BCUT2D eigenvalue weighted by Crippen LogP contribution is 2.35. The van der Waals surface area contributed by atoms with Crippen molar-refractivity contribution in [3.05, 3.63) is 10.0 Å². The topological polar surface area (TPSA) is 48.4 Å². The van der Waals surface area contributed by atoms with E-state index in [0.29, 0.717) is 16.0 Å². The number of carbonyl (C=O) groups excluding carboxylic acids is 1. The second-order valence-electron chi connectivity index (χ2n) is 5.10. The van der Waals surface area contributed by atoms with Gasteiger partial charge in [-0.15, -0.1) is 0 Å². The van der Waals surface area contributed by atoms with E-state index in [2.05, 4.69) is 23.6 Å². The highest BCUT2D eigenvalue weighted by Gasteiger charge is 2.27. The molecule has 2 rings (SSSR count). The summed E-state index contributed by atoms with van der Waals surface area (Å²) in [5.74, 6) is 0.919. The molecular formula is C13H18ClNO3S. The first-order chi connectivity index (χ1) is 9.01. The largest absolute Gasteiger partial charge is 0.467 e. The van der Waals surface area contributed by atoms with Crippen LogP contribution in [-0.2, 0) is 4.74 Å². The van der Waals surface area contributed by atoms with Crippen molar-refractivity contribution < 1.29 is 14.3 Å². The molecule has 0 amide bonds. The molecule has 4 nitrogen and oxygen atoms in total. The smallest absolute Gasteiger partial charge is 0.351 e. The molecule has 1 aromatic heterocycles. The molecule has 1 aliphatic rings. The van der Waals surface area contributed by atoms with Gasteiger partial charge in [0.05, 0.1) is 7.11 Å². The van der Waals surface area contributed by atoms with Gasteiger partial charge in [0.25, 0.3) is 5.19 Å². The average Bonchev–Trinajstić information content (AvgIpc) is 2.74. The van der Waals surface area contributed by atoms with E-state index >= 15 is 0 Å². The Morgan fingerprint density at radius 1 is 1.37 bits per heavy atom. The Kier molecular flexibility index (Phi) is 4.68. The SMILES string of the molecule is COC(=O)c1sc(OC2CCC(C)C(C)C2)nc1Cl. The van der Waals surface area contributed by atoms with Crippen LogP contribution in [0, 0.1) is 11.8 Å². The van der Waals surface area contributed by atoms with E-state index in [-0.39, 0.29) is 11.3 Å². The second kappa shape index (κ2) is 6.09. The fourth-order valence-corrected chi connectivity index (χ4v) is 3.41. The van der Waals surface area contributed by atoms with E-state index in [1.807, 2.05) is 0 Å². The minimum Gasteiger partial charge on any atom is -0.467 e. The van der Waals surface area contributed by atoms with E-state index in [9.17, 15) is 4.79 Å². The van der Waals surface area contributed by atoms with Crippen LogP contribution in [0.2, 0.25) is 5.15 Å². The molecule has 106 valence electrons. The predicted molar refractivity (Wildman–Crippen MR) is 75.1 cm³/mol. The van der Waals surface area contributed by atoms with Crippen LogP contribution in [0.3, 0.4) is 0 Å². The standard InChI is InChI=1S/C13H18ClNO3S/c1-7-4-5-9(6-8(7)2)18-13-15-11(14)10(19-13)12(16)17-3/h7-9H,4-6H2,1-3H3. The van der Waals surface area contributed by atoms with E-state index in [1.54, 1.807) is 0 Å². The number of thiazole rings is 1. The number of halogens is 1. The second-order valence-corrected chi connectivity index (χ2v) is 6.42. The van der Waals surface area contributed by atoms with Gasteiger partial charge in [-0.1, -0.05) is 36.8 Å². The molecule has 3 unspecified atom stereocenters. The first-order valence-corrected chi connectivity index (χ1v) is 7.62. The van der Waals surface area contributed by atoms with Gasteiger partial charge in [0.1, 0.15) is 6.10 Å². The van der Waals surface area contributed by atoms with Crippen LogP contribution in [0.15, 0.2) is 0 Å². The lowest BCUT2D eigenvalue weighted by molar-refractivity contribution is 0.0606. The highest BCUT2D eigenvalue weighted by molar-refractivity contribution is 7.15. The highest BCUT2D eigenvalue weighted by atomic mass is 35.5. The summed E-state index contributed by atoms with van der Waals surface area (Å²) in [5, 5.41) is 0.612. The Bertz CT molecular complexity index is 463. The summed E-state index contributed by atoms with van der Waals surface area (Å²) in [7, 11) is 1.32. The van der Waals surface area contributed by atoms with Gasteiger partial charge in [0.2, 0.25) is 0 Å². The monoisotopic (exact) mass is 303 g/mol. The quantitative estimate of drug-likeness (QED) is 0.797. The van der Waals surface area contributed by atoms with Crippen LogP contribution in [0.5, 0.6) is 5.19 Å². The Morgan fingerprint density at radius 3 is 2.74 bits per heavy atom. The van der Waals surface area contributed by atoms with Crippen LogP contribution in [0.25, 0.3) is 0 Å². The van der Waals surface area contributed by atoms with Crippen molar-refractivity contribution >= 4 is 28.9 Å². The molecule has 0 aliphatic heterocycles. The molecule has 0 N–H and O–H groups in total. The van der Waals surface area contributed by atoms with Crippen molar-refractivity contribution in [1.82, 2.24) is 4.98 Å². The van der Waals surface area contributed by atoms with Crippen LogP contribution in [0.1, 0.15) is 42.8 Å². The molecule has 19 heavy (non-hydrogen) atoms. The number of nitrogens with zero attached hydrogens (tertiary/aromatic N) is 1. The number of hydrogen-bond acceptors (Lipinski definition) is 5. The molecule has 0 saturated heterocycles. The predicted octanol–water partition coefficient (Wildman–Crippen LogP) is 3.79. The molecule has 6 heteroatoms. The van der Waals surface area contributed by atoms with E-state index in [1.165, 1.54) is 7.11 Å². The molecule has 0 bridgehead atoms. The van der Waals surface area contributed by atoms with Gasteiger partial charge in [-0.25, -0.2) is 4.79 Å². The molecule has 1 aromatic rings. The molecule has 1 heterocycles. The van der Waals surface area contributed by atoms with Gasteiger partial charge in [-0.3, -0.25) is 0 Å². The molecular weight excluding hydrogens is 286 g/mol. The van der Waals surface area contributed by atoms with Crippen molar-refractivity contribution in [2.24, 2.45) is 11.8 Å². The Morgan fingerprint density at radius 2 is 2.11 bits per heavy atom. The third-order valence-electron chi connectivity index (χ3n) is 3.75. The minimum atomic E-state index is -0.469. The lowest BCUT2D eigenvalue weighted by Crippen LogP contribution is -2.28. The summed E-state index contributed by atoms with van der Waals surface area (Å²) >= 11 is 7.05. The molecule has 0 radical (unpaired) electrons. The van der Waals surface area contributed by atoms with Gasteiger partial charge in [-0.2, -0.15) is 4.98 Å². The average molecular weight is 304 g/mol. The Balaban J connectivity index is 2.02. The Hall–Kier alpha value is -0.810. The normalized spacial score (nSPS) is 27.1. The fraction of sp³-hybridized carbons (Fsp3) is 0.692. The van der Waals surface area contributed by atoms with E-state index in [0.717, 1.165) is 36.5 Å². The van der Waals surface area contributed by atoms with Crippen LogP contribution in [-0.4, -0.2) is 24.2 Å². The molecule has 3 atom stereocenters. The number of carbonyl (C=O) groups is 1. The van der Waals surface area contributed by atoms with Crippen molar-refractivity contribution in [2.45, 2.75) is 39.2 Å². The molecule has 1 aliphatic carbocycles. The zero-order chi connectivity index (χ0) is 14.0. The first-order valence-electron chi connectivity index (χ1n) is 6.42. The number of hydrogen-bond donors (Lipinski definition) is 0. The number of rotatable bonds is 3. The Labute approximate surface area is 122 Å². The van der Waals surface area contributed by atoms with Gasteiger partial charge in [-0.05, 0) is 31.1 Å². The van der Waals surface area contributed by atoms with E-state index < -0.39 is 5.97 Å². The summed E-state index contributed by atoms with van der Waals surface area (Å²) in [6.45, 7) is 4.52. The maximum Gasteiger partial charge on any atom is 0.351 e.